The molecule has 0 radical (unpaired) electrons. The molecule has 1 aromatic carbocycles. The summed E-state index contributed by atoms with van der Waals surface area (Å²) in [4.78, 5) is 11.1. The number of aliphatic carboxylic acids is 1. The number of rotatable bonds is 3. The first kappa shape index (κ1) is 12.9. The first-order valence-electron chi connectivity index (χ1n) is 5.58. The average molecular weight is 265 g/mol. The Kier molecular flexibility index (Phi) is 3.55. The van der Waals surface area contributed by atoms with Gasteiger partial charge >= 0.3 is 5.97 Å². The van der Waals surface area contributed by atoms with E-state index in [0.29, 0.717) is 12.0 Å². The fraction of sp³-hybridized carbons (Fsp3) is 0.214. The monoisotopic (exact) mass is 264 g/mol. The second-order valence-corrected chi connectivity index (χ2v) is 4.97. The van der Waals surface area contributed by atoms with Gasteiger partial charge in [-0.05, 0) is 29.7 Å². The lowest BCUT2D eigenvalue weighted by Gasteiger charge is -2.24. The molecule has 0 aromatic heterocycles. The highest BCUT2D eigenvalue weighted by molar-refractivity contribution is 6.24. The van der Waals surface area contributed by atoms with Crippen molar-refractivity contribution < 1.29 is 15.0 Å². The SMILES string of the molecule is O=C(O)C1=C(Cc2ccccc2)CC(O)(Cl)C=C1. The standard InChI is InChI=1S/C14H13ClO3/c15-14(18)7-6-12(13(16)17)11(9-14)8-10-4-2-1-3-5-10/h1-7,18H,8-9H2,(H,16,17). The van der Waals surface area contributed by atoms with Gasteiger partial charge < -0.3 is 10.2 Å². The van der Waals surface area contributed by atoms with Gasteiger partial charge in [0.15, 0.2) is 5.06 Å². The van der Waals surface area contributed by atoms with Crippen LogP contribution in [-0.2, 0) is 11.2 Å². The number of aliphatic hydroxyl groups is 1. The fourth-order valence-electron chi connectivity index (χ4n) is 2.00. The topological polar surface area (TPSA) is 57.5 Å². The highest BCUT2D eigenvalue weighted by atomic mass is 35.5. The quantitative estimate of drug-likeness (QED) is 0.825. The zero-order valence-corrected chi connectivity index (χ0v) is 10.4. The summed E-state index contributed by atoms with van der Waals surface area (Å²) in [6, 6.07) is 9.51. The lowest BCUT2D eigenvalue weighted by Crippen LogP contribution is -2.24. The lowest BCUT2D eigenvalue weighted by molar-refractivity contribution is -0.132. The Morgan fingerprint density at radius 1 is 1.33 bits per heavy atom. The molecule has 2 N–H and O–H groups in total. The average Bonchev–Trinajstić information content (AvgIpc) is 2.28. The van der Waals surface area contributed by atoms with Crippen molar-refractivity contribution in [2.45, 2.75) is 17.9 Å². The van der Waals surface area contributed by atoms with Crippen LogP contribution in [0.2, 0.25) is 0 Å². The molecule has 1 aliphatic carbocycles. The Bertz CT molecular complexity index is 515. The largest absolute Gasteiger partial charge is 0.478 e. The molecule has 0 saturated heterocycles. The summed E-state index contributed by atoms with van der Waals surface area (Å²) in [5.74, 6) is -0.996. The molecule has 0 saturated carbocycles. The van der Waals surface area contributed by atoms with Crippen LogP contribution < -0.4 is 0 Å². The van der Waals surface area contributed by atoms with E-state index in [1.165, 1.54) is 12.2 Å². The molecule has 2 rings (SSSR count). The number of alkyl halides is 1. The first-order chi connectivity index (χ1) is 8.48. The molecule has 18 heavy (non-hydrogen) atoms. The second kappa shape index (κ2) is 4.96. The van der Waals surface area contributed by atoms with Crippen LogP contribution in [0.1, 0.15) is 12.0 Å². The Morgan fingerprint density at radius 2 is 2.00 bits per heavy atom. The molecule has 1 aromatic rings. The van der Waals surface area contributed by atoms with Crippen molar-refractivity contribution in [1.82, 2.24) is 0 Å². The maximum Gasteiger partial charge on any atom is 0.335 e. The summed E-state index contributed by atoms with van der Waals surface area (Å²) in [5, 5.41) is 17.4. The zero-order valence-electron chi connectivity index (χ0n) is 9.64. The van der Waals surface area contributed by atoms with Crippen molar-refractivity contribution >= 4 is 17.6 Å². The summed E-state index contributed by atoms with van der Waals surface area (Å²) in [7, 11) is 0. The van der Waals surface area contributed by atoms with Gasteiger partial charge in [0.25, 0.3) is 0 Å². The van der Waals surface area contributed by atoms with Crippen molar-refractivity contribution in [2.75, 3.05) is 0 Å². The van der Waals surface area contributed by atoms with Crippen LogP contribution in [0.15, 0.2) is 53.6 Å². The normalized spacial score (nSPS) is 23.2. The molecule has 94 valence electrons. The summed E-state index contributed by atoms with van der Waals surface area (Å²) in [6.45, 7) is 0. The molecule has 3 nitrogen and oxygen atoms in total. The number of benzene rings is 1. The minimum atomic E-state index is -1.48. The van der Waals surface area contributed by atoms with E-state index in [9.17, 15) is 9.90 Å². The second-order valence-electron chi connectivity index (χ2n) is 4.31. The molecule has 0 aliphatic heterocycles. The molecule has 1 aliphatic rings. The Balaban J connectivity index is 2.31. The fourth-order valence-corrected chi connectivity index (χ4v) is 2.23. The van der Waals surface area contributed by atoms with Gasteiger partial charge in [0.2, 0.25) is 0 Å². The minimum absolute atomic E-state index is 0.127. The highest BCUT2D eigenvalue weighted by Gasteiger charge is 2.28. The molecule has 0 amide bonds. The van der Waals surface area contributed by atoms with Gasteiger partial charge in [-0.1, -0.05) is 41.9 Å². The smallest absolute Gasteiger partial charge is 0.335 e. The number of hydrogen-bond donors (Lipinski definition) is 2. The minimum Gasteiger partial charge on any atom is -0.478 e. The molecule has 4 heteroatoms. The first-order valence-corrected chi connectivity index (χ1v) is 5.95. The molecule has 1 unspecified atom stereocenters. The molecule has 1 atom stereocenters. The van der Waals surface area contributed by atoms with Gasteiger partial charge in [-0.25, -0.2) is 4.79 Å². The van der Waals surface area contributed by atoms with E-state index < -0.39 is 11.0 Å². The third kappa shape index (κ3) is 3.00. The van der Waals surface area contributed by atoms with Gasteiger partial charge in [0, 0.05) is 6.42 Å². The molecular formula is C14H13ClO3. The van der Waals surface area contributed by atoms with Gasteiger partial charge in [0.05, 0.1) is 5.57 Å². The van der Waals surface area contributed by atoms with E-state index in [4.69, 9.17) is 16.7 Å². The number of halogens is 1. The number of carboxylic acid groups (broad SMARTS) is 1. The predicted octanol–water partition coefficient (Wildman–Crippen LogP) is 2.50. The maximum atomic E-state index is 11.1. The van der Waals surface area contributed by atoms with Crippen molar-refractivity contribution in [3.63, 3.8) is 0 Å². The molecule has 0 fully saturated rings. The van der Waals surface area contributed by atoms with E-state index in [1.807, 2.05) is 30.3 Å². The van der Waals surface area contributed by atoms with Crippen LogP contribution in [0.5, 0.6) is 0 Å². The zero-order chi connectivity index (χ0) is 13.2. The predicted molar refractivity (Wildman–Crippen MR) is 69.4 cm³/mol. The number of carbonyl (C=O) groups is 1. The molecular weight excluding hydrogens is 252 g/mol. The number of carboxylic acids is 1. The van der Waals surface area contributed by atoms with Gasteiger partial charge in [0.1, 0.15) is 0 Å². The van der Waals surface area contributed by atoms with Crippen LogP contribution in [0.4, 0.5) is 0 Å². The summed E-state index contributed by atoms with van der Waals surface area (Å²) < 4.78 is 0. The highest BCUT2D eigenvalue weighted by Crippen LogP contribution is 2.32. The third-order valence-corrected chi connectivity index (χ3v) is 3.10. The van der Waals surface area contributed by atoms with Crippen molar-refractivity contribution in [3.8, 4) is 0 Å². The van der Waals surface area contributed by atoms with E-state index in [1.54, 1.807) is 0 Å². The van der Waals surface area contributed by atoms with Crippen LogP contribution in [0, 0.1) is 0 Å². The summed E-state index contributed by atoms with van der Waals surface area (Å²) in [5.41, 5.74) is 1.84. The third-order valence-electron chi connectivity index (χ3n) is 2.84. The van der Waals surface area contributed by atoms with E-state index in [2.05, 4.69) is 0 Å². The number of hydrogen-bond acceptors (Lipinski definition) is 2. The molecule has 0 heterocycles. The van der Waals surface area contributed by atoms with Crippen molar-refractivity contribution in [1.29, 1.82) is 0 Å². The van der Waals surface area contributed by atoms with E-state index in [0.717, 1.165) is 5.56 Å². The van der Waals surface area contributed by atoms with E-state index in [-0.39, 0.29) is 12.0 Å². The maximum absolute atomic E-state index is 11.1. The molecule has 0 bridgehead atoms. The van der Waals surface area contributed by atoms with E-state index >= 15 is 0 Å². The Labute approximate surface area is 110 Å². The Hall–Kier alpha value is -1.58. The van der Waals surface area contributed by atoms with Gasteiger partial charge in [-0.2, -0.15) is 0 Å². The van der Waals surface area contributed by atoms with Crippen molar-refractivity contribution in [3.05, 3.63) is 59.2 Å². The van der Waals surface area contributed by atoms with Crippen LogP contribution in [-0.4, -0.2) is 21.2 Å². The van der Waals surface area contributed by atoms with Crippen LogP contribution in [0.25, 0.3) is 0 Å². The van der Waals surface area contributed by atoms with Crippen LogP contribution >= 0.6 is 11.6 Å². The van der Waals surface area contributed by atoms with Crippen LogP contribution in [0.3, 0.4) is 0 Å². The Morgan fingerprint density at radius 3 is 2.61 bits per heavy atom. The molecule has 0 spiro atoms. The summed E-state index contributed by atoms with van der Waals surface area (Å²) >= 11 is 5.84. The van der Waals surface area contributed by atoms with Crippen molar-refractivity contribution in [2.24, 2.45) is 0 Å². The summed E-state index contributed by atoms with van der Waals surface area (Å²) in [6.07, 6.45) is 3.28. The van der Waals surface area contributed by atoms with Gasteiger partial charge in [-0.3, -0.25) is 0 Å². The lowest BCUT2D eigenvalue weighted by atomic mass is 9.90. The van der Waals surface area contributed by atoms with Gasteiger partial charge in [-0.15, -0.1) is 0 Å².